The number of ether oxygens (including phenoxy) is 1. The molecule has 0 aromatic heterocycles. The zero-order valence-electron chi connectivity index (χ0n) is 12.1. The maximum atomic E-state index is 12.0. The molecule has 2 aromatic carbocycles. The molecule has 1 atom stereocenters. The minimum atomic E-state index is -0.602. The predicted molar refractivity (Wildman–Crippen MR) is 84.6 cm³/mol. The molecule has 0 saturated heterocycles. The Balaban J connectivity index is 1.88. The predicted octanol–water partition coefficient (Wildman–Crippen LogP) is 3.73. The second-order valence-corrected chi connectivity index (χ2v) is 5.30. The van der Waals surface area contributed by atoms with E-state index in [1.54, 1.807) is 19.1 Å². The van der Waals surface area contributed by atoms with E-state index in [1.165, 1.54) is 5.56 Å². The summed E-state index contributed by atoms with van der Waals surface area (Å²) >= 11 is 6.00. The van der Waals surface area contributed by atoms with E-state index in [9.17, 15) is 4.79 Å². The van der Waals surface area contributed by atoms with Crippen molar-refractivity contribution in [2.75, 3.05) is 0 Å². The van der Waals surface area contributed by atoms with Gasteiger partial charge < -0.3 is 10.1 Å². The Labute approximate surface area is 129 Å². The molecule has 1 unspecified atom stereocenters. The molecule has 0 fully saturated rings. The Morgan fingerprint density at radius 3 is 2.52 bits per heavy atom. The van der Waals surface area contributed by atoms with Crippen molar-refractivity contribution in [3.8, 4) is 5.75 Å². The van der Waals surface area contributed by atoms with Gasteiger partial charge >= 0.3 is 0 Å². The van der Waals surface area contributed by atoms with E-state index in [4.69, 9.17) is 16.3 Å². The molecule has 0 aliphatic heterocycles. The molecule has 0 saturated carbocycles. The lowest BCUT2D eigenvalue weighted by molar-refractivity contribution is -0.127. The summed E-state index contributed by atoms with van der Waals surface area (Å²) in [5.74, 6) is 0.340. The van der Waals surface area contributed by atoms with Crippen molar-refractivity contribution >= 4 is 17.5 Å². The zero-order valence-corrected chi connectivity index (χ0v) is 12.9. The second-order valence-electron chi connectivity index (χ2n) is 4.89. The molecule has 0 aliphatic carbocycles. The van der Waals surface area contributed by atoms with Gasteiger partial charge in [-0.15, -0.1) is 0 Å². The Kier molecular flexibility index (Phi) is 5.23. The van der Waals surface area contributed by atoms with E-state index >= 15 is 0 Å². The third-order valence-corrected chi connectivity index (χ3v) is 3.41. The third-order valence-electron chi connectivity index (χ3n) is 3.10. The van der Waals surface area contributed by atoms with Crippen molar-refractivity contribution < 1.29 is 9.53 Å². The molecule has 0 aliphatic rings. The molecule has 1 amide bonds. The summed E-state index contributed by atoms with van der Waals surface area (Å²) in [4.78, 5) is 12.0. The molecule has 0 bridgehead atoms. The number of hydrogen-bond donors (Lipinski definition) is 1. The maximum absolute atomic E-state index is 12.0. The maximum Gasteiger partial charge on any atom is 0.261 e. The summed E-state index contributed by atoms with van der Waals surface area (Å²) < 4.78 is 5.57. The van der Waals surface area contributed by atoms with E-state index < -0.39 is 6.10 Å². The van der Waals surface area contributed by atoms with Crippen LogP contribution in [0, 0.1) is 6.92 Å². The van der Waals surface area contributed by atoms with Gasteiger partial charge in [0.2, 0.25) is 0 Å². The summed E-state index contributed by atoms with van der Waals surface area (Å²) in [5.41, 5.74) is 2.25. The van der Waals surface area contributed by atoms with Crippen LogP contribution in [0.25, 0.3) is 0 Å². The van der Waals surface area contributed by atoms with E-state index in [2.05, 4.69) is 5.32 Å². The number of para-hydroxylation sites is 1. The first-order chi connectivity index (χ1) is 10.1. The van der Waals surface area contributed by atoms with Crippen molar-refractivity contribution in [1.82, 2.24) is 5.32 Å². The van der Waals surface area contributed by atoms with Gasteiger partial charge in [-0.1, -0.05) is 53.6 Å². The molecular weight excluding hydrogens is 286 g/mol. The van der Waals surface area contributed by atoms with Gasteiger partial charge in [0.15, 0.2) is 6.10 Å². The SMILES string of the molecule is Cc1ccc(CNC(=O)C(C)Oc2ccccc2Cl)cc1. The molecule has 21 heavy (non-hydrogen) atoms. The highest BCUT2D eigenvalue weighted by atomic mass is 35.5. The number of hydrogen-bond acceptors (Lipinski definition) is 2. The van der Waals surface area contributed by atoms with Gasteiger partial charge in [-0.05, 0) is 31.5 Å². The van der Waals surface area contributed by atoms with Crippen LogP contribution in [0.5, 0.6) is 5.75 Å². The van der Waals surface area contributed by atoms with Crippen LogP contribution in [0.15, 0.2) is 48.5 Å². The molecule has 0 heterocycles. The molecule has 2 rings (SSSR count). The van der Waals surface area contributed by atoms with Crippen LogP contribution in [0.3, 0.4) is 0 Å². The Bertz CT molecular complexity index is 610. The number of carbonyl (C=O) groups is 1. The summed E-state index contributed by atoms with van der Waals surface area (Å²) in [5, 5.41) is 3.35. The molecule has 2 aromatic rings. The normalized spacial score (nSPS) is 11.8. The number of aryl methyl sites for hydroxylation is 1. The van der Waals surface area contributed by atoms with E-state index in [0.717, 1.165) is 5.56 Å². The summed E-state index contributed by atoms with van der Waals surface area (Å²) in [6.45, 7) is 4.21. The lowest BCUT2D eigenvalue weighted by Gasteiger charge is -2.15. The topological polar surface area (TPSA) is 38.3 Å². The van der Waals surface area contributed by atoms with Gasteiger partial charge in [-0.3, -0.25) is 4.79 Å². The van der Waals surface area contributed by atoms with E-state index in [-0.39, 0.29) is 5.91 Å². The van der Waals surface area contributed by atoms with Crippen LogP contribution in [0.2, 0.25) is 5.02 Å². The van der Waals surface area contributed by atoms with E-state index in [0.29, 0.717) is 17.3 Å². The average molecular weight is 304 g/mol. The van der Waals surface area contributed by atoms with Gasteiger partial charge in [-0.2, -0.15) is 0 Å². The minimum absolute atomic E-state index is 0.171. The number of halogens is 1. The third kappa shape index (κ3) is 4.50. The van der Waals surface area contributed by atoms with Gasteiger partial charge in [0, 0.05) is 6.54 Å². The van der Waals surface area contributed by atoms with Crippen molar-refractivity contribution in [2.45, 2.75) is 26.5 Å². The van der Waals surface area contributed by atoms with Crippen LogP contribution in [-0.2, 0) is 11.3 Å². The fraction of sp³-hybridized carbons (Fsp3) is 0.235. The quantitative estimate of drug-likeness (QED) is 0.914. The molecule has 4 heteroatoms. The monoisotopic (exact) mass is 303 g/mol. The summed E-state index contributed by atoms with van der Waals surface area (Å²) in [6, 6.07) is 15.1. The highest BCUT2D eigenvalue weighted by Crippen LogP contribution is 2.24. The average Bonchev–Trinajstić information content (AvgIpc) is 2.48. The van der Waals surface area contributed by atoms with Gasteiger partial charge in [0.1, 0.15) is 5.75 Å². The van der Waals surface area contributed by atoms with Crippen LogP contribution in [0.4, 0.5) is 0 Å². The zero-order chi connectivity index (χ0) is 15.2. The molecule has 1 N–H and O–H groups in total. The van der Waals surface area contributed by atoms with Crippen LogP contribution >= 0.6 is 11.6 Å². The molecule has 3 nitrogen and oxygen atoms in total. The Hall–Kier alpha value is -2.00. The first-order valence-electron chi connectivity index (χ1n) is 6.80. The van der Waals surface area contributed by atoms with Crippen molar-refractivity contribution in [1.29, 1.82) is 0 Å². The fourth-order valence-electron chi connectivity index (χ4n) is 1.82. The largest absolute Gasteiger partial charge is 0.479 e. The van der Waals surface area contributed by atoms with Crippen molar-refractivity contribution in [3.63, 3.8) is 0 Å². The Morgan fingerprint density at radius 1 is 1.19 bits per heavy atom. The van der Waals surface area contributed by atoms with Crippen molar-refractivity contribution in [2.24, 2.45) is 0 Å². The lowest BCUT2D eigenvalue weighted by Crippen LogP contribution is -2.35. The van der Waals surface area contributed by atoms with Gasteiger partial charge in [0.25, 0.3) is 5.91 Å². The molecule has 0 spiro atoms. The standard InChI is InChI=1S/C17H18ClNO2/c1-12-7-9-14(10-8-12)11-19-17(20)13(2)21-16-6-4-3-5-15(16)18/h3-10,13H,11H2,1-2H3,(H,19,20). The number of nitrogens with one attached hydrogen (secondary N) is 1. The number of carbonyl (C=O) groups excluding carboxylic acids is 1. The van der Waals surface area contributed by atoms with Crippen molar-refractivity contribution in [3.05, 3.63) is 64.7 Å². The minimum Gasteiger partial charge on any atom is -0.479 e. The molecular formula is C17H18ClNO2. The molecule has 0 radical (unpaired) electrons. The summed E-state index contributed by atoms with van der Waals surface area (Å²) in [6.07, 6.45) is -0.602. The first kappa shape index (κ1) is 15.4. The number of amides is 1. The van der Waals surface area contributed by atoms with Gasteiger partial charge in [0.05, 0.1) is 5.02 Å². The van der Waals surface area contributed by atoms with E-state index in [1.807, 2.05) is 43.3 Å². The Morgan fingerprint density at radius 2 is 1.86 bits per heavy atom. The van der Waals surface area contributed by atoms with Crippen LogP contribution < -0.4 is 10.1 Å². The smallest absolute Gasteiger partial charge is 0.261 e. The van der Waals surface area contributed by atoms with Gasteiger partial charge in [-0.25, -0.2) is 0 Å². The molecule has 110 valence electrons. The first-order valence-corrected chi connectivity index (χ1v) is 7.18. The number of rotatable bonds is 5. The van der Waals surface area contributed by atoms with Crippen LogP contribution in [0.1, 0.15) is 18.1 Å². The highest BCUT2D eigenvalue weighted by molar-refractivity contribution is 6.32. The summed E-state index contributed by atoms with van der Waals surface area (Å²) in [7, 11) is 0. The lowest BCUT2D eigenvalue weighted by atomic mass is 10.1. The second kappa shape index (κ2) is 7.14. The highest BCUT2D eigenvalue weighted by Gasteiger charge is 2.15. The number of benzene rings is 2. The fourth-order valence-corrected chi connectivity index (χ4v) is 2.00. The van der Waals surface area contributed by atoms with Crippen LogP contribution in [-0.4, -0.2) is 12.0 Å².